The number of nitrogens with zero attached hydrogens (tertiary/aromatic N) is 1. The molecule has 0 N–H and O–H groups in total. The van der Waals surface area contributed by atoms with E-state index in [1.54, 1.807) is 0 Å². The molecule has 2 heteroatoms. The maximum absolute atomic E-state index is 5.27. The van der Waals surface area contributed by atoms with E-state index in [-0.39, 0.29) is 0 Å². The summed E-state index contributed by atoms with van der Waals surface area (Å²) in [5.41, 5.74) is 0.316. The maximum atomic E-state index is 5.27. The van der Waals surface area contributed by atoms with Crippen molar-refractivity contribution in [3.63, 3.8) is 0 Å². The van der Waals surface area contributed by atoms with Gasteiger partial charge in [0, 0.05) is 0 Å². The van der Waals surface area contributed by atoms with Gasteiger partial charge < -0.3 is 4.74 Å². The van der Waals surface area contributed by atoms with E-state index in [9.17, 15) is 0 Å². The van der Waals surface area contributed by atoms with Crippen molar-refractivity contribution < 1.29 is 4.74 Å². The predicted octanol–water partition coefficient (Wildman–Crippen LogP) is 2.39. The SMILES string of the molecule is CC(C)C(C)CCN(C)C1(C)COC1. The predicted molar refractivity (Wildman–Crippen MR) is 60.5 cm³/mol. The van der Waals surface area contributed by atoms with Crippen molar-refractivity contribution in [3.8, 4) is 0 Å². The first-order chi connectivity index (χ1) is 6.46. The maximum Gasteiger partial charge on any atom is 0.0671 e. The zero-order chi connectivity index (χ0) is 10.8. The second-order valence-electron chi connectivity index (χ2n) is 5.42. The van der Waals surface area contributed by atoms with Gasteiger partial charge in [0.2, 0.25) is 0 Å². The largest absolute Gasteiger partial charge is 0.377 e. The van der Waals surface area contributed by atoms with Crippen LogP contribution in [0.1, 0.15) is 34.1 Å². The Hall–Kier alpha value is -0.0800. The van der Waals surface area contributed by atoms with E-state index in [4.69, 9.17) is 4.74 Å². The fourth-order valence-electron chi connectivity index (χ4n) is 1.62. The Kier molecular flexibility index (Phi) is 3.96. The Morgan fingerprint density at radius 3 is 2.21 bits per heavy atom. The van der Waals surface area contributed by atoms with E-state index in [0.717, 1.165) is 25.0 Å². The molecule has 1 fully saturated rings. The summed E-state index contributed by atoms with van der Waals surface area (Å²) in [6, 6.07) is 0. The summed E-state index contributed by atoms with van der Waals surface area (Å²) in [5, 5.41) is 0. The van der Waals surface area contributed by atoms with Gasteiger partial charge >= 0.3 is 0 Å². The average molecular weight is 199 g/mol. The van der Waals surface area contributed by atoms with Crippen molar-refractivity contribution in [2.45, 2.75) is 39.7 Å². The Balaban J connectivity index is 2.24. The van der Waals surface area contributed by atoms with Crippen LogP contribution in [-0.2, 0) is 4.74 Å². The van der Waals surface area contributed by atoms with E-state index in [1.165, 1.54) is 13.0 Å². The van der Waals surface area contributed by atoms with Crippen LogP contribution in [0.4, 0.5) is 0 Å². The molecule has 0 aromatic heterocycles. The summed E-state index contributed by atoms with van der Waals surface area (Å²) >= 11 is 0. The van der Waals surface area contributed by atoms with Crippen LogP contribution in [0.15, 0.2) is 0 Å². The van der Waals surface area contributed by atoms with Gasteiger partial charge in [0.05, 0.1) is 18.8 Å². The fraction of sp³-hybridized carbons (Fsp3) is 1.00. The van der Waals surface area contributed by atoms with Gasteiger partial charge in [-0.2, -0.15) is 0 Å². The lowest BCUT2D eigenvalue weighted by Crippen LogP contribution is -2.58. The molecule has 1 aliphatic heterocycles. The quantitative estimate of drug-likeness (QED) is 0.674. The topological polar surface area (TPSA) is 12.5 Å². The second kappa shape index (κ2) is 4.63. The third kappa shape index (κ3) is 2.71. The van der Waals surface area contributed by atoms with E-state index >= 15 is 0 Å². The van der Waals surface area contributed by atoms with Crippen molar-refractivity contribution >= 4 is 0 Å². The number of likely N-dealkylation sites (N-methyl/N-ethyl adjacent to an activating group) is 1. The van der Waals surface area contributed by atoms with Gasteiger partial charge in [-0.1, -0.05) is 20.8 Å². The first-order valence-corrected chi connectivity index (χ1v) is 5.75. The van der Waals surface area contributed by atoms with Crippen LogP contribution in [0.25, 0.3) is 0 Å². The molecule has 0 bridgehead atoms. The van der Waals surface area contributed by atoms with Crippen molar-refractivity contribution in [3.05, 3.63) is 0 Å². The lowest BCUT2D eigenvalue weighted by Gasteiger charge is -2.45. The van der Waals surface area contributed by atoms with E-state index in [1.807, 2.05) is 0 Å². The molecule has 0 aliphatic carbocycles. The van der Waals surface area contributed by atoms with Crippen LogP contribution in [-0.4, -0.2) is 37.2 Å². The highest BCUT2D eigenvalue weighted by molar-refractivity contribution is 4.90. The highest BCUT2D eigenvalue weighted by Gasteiger charge is 2.37. The summed E-state index contributed by atoms with van der Waals surface area (Å²) in [7, 11) is 2.22. The van der Waals surface area contributed by atoms with Crippen LogP contribution in [0.2, 0.25) is 0 Å². The molecule has 0 aromatic carbocycles. The molecular weight excluding hydrogens is 174 g/mol. The van der Waals surface area contributed by atoms with Gasteiger partial charge in [0.25, 0.3) is 0 Å². The smallest absolute Gasteiger partial charge is 0.0671 e. The molecular formula is C12H25NO. The van der Waals surface area contributed by atoms with E-state index < -0.39 is 0 Å². The van der Waals surface area contributed by atoms with Crippen LogP contribution >= 0.6 is 0 Å². The summed E-state index contributed by atoms with van der Waals surface area (Å²) in [6.45, 7) is 12.2. The van der Waals surface area contributed by atoms with Crippen LogP contribution in [0.3, 0.4) is 0 Å². The lowest BCUT2D eigenvalue weighted by molar-refractivity contribution is -0.122. The first-order valence-electron chi connectivity index (χ1n) is 5.75. The Morgan fingerprint density at radius 2 is 1.86 bits per heavy atom. The molecule has 0 saturated carbocycles. The van der Waals surface area contributed by atoms with Gasteiger partial charge in [-0.25, -0.2) is 0 Å². The molecule has 14 heavy (non-hydrogen) atoms. The molecule has 0 radical (unpaired) electrons. The number of hydrogen-bond donors (Lipinski definition) is 0. The fourth-order valence-corrected chi connectivity index (χ4v) is 1.62. The summed E-state index contributed by atoms with van der Waals surface area (Å²) in [4.78, 5) is 2.45. The normalized spacial score (nSPS) is 22.5. The van der Waals surface area contributed by atoms with Crippen molar-refractivity contribution in [2.24, 2.45) is 11.8 Å². The first kappa shape index (κ1) is 12.0. The third-order valence-electron chi connectivity index (χ3n) is 3.81. The second-order valence-corrected chi connectivity index (χ2v) is 5.42. The summed E-state index contributed by atoms with van der Waals surface area (Å²) < 4.78 is 5.27. The number of hydrogen-bond acceptors (Lipinski definition) is 2. The average Bonchev–Trinajstić information content (AvgIpc) is 2.09. The van der Waals surface area contributed by atoms with Gasteiger partial charge in [-0.15, -0.1) is 0 Å². The Labute approximate surface area is 88.6 Å². The number of ether oxygens (including phenoxy) is 1. The third-order valence-corrected chi connectivity index (χ3v) is 3.81. The van der Waals surface area contributed by atoms with Gasteiger partial charge in [0.15, 0.2) is 0 Å². The lowest BCUT2D eigenvalue weighted by atomic mass is 9.92. The van der Waals surface area contributed by atoms with Crippen molar-refractivity contribution in [1.82, 2.24) is 4.90 Å². The van der Waals surface area contributed by atoms with E-state index in [2.05, 4.69) is 39.6 Å². The highest BCUT2D eigenvalue weighted by Crippen LogP contribution is 2.24. The van der Waals surface area contributed by atoms with Gasteiger partial charge in [0.1, 0.15) is 0 Å². The van der Waals surface area contributed by atoms with Crippen molar-refractivity contribution in [2.75, 3.05) is 26.8 Å². The zero-order valence-electron chi connectivity index (χ0n) is 10.3. The monoisotopic (exact) mass is 199 g/mol. The van der Waals surface area contributed by atoms with Gasteiger partial charge in [-0.05, 0) is 38.8 Å². The van der Waals surface area contributed by atoms with Crippen molar-refractivity contribution in [1.29, 1.82) is 0 Å². The number of rotatable bonds is 5. The Bertz CT molecular complexity index is 175. The molecule has 1 unspecified atom stereocenters. The molecule has 1 atom stereocenters. The van der Waals surface area contributed by atoms with E-state index in [0.29, 0.717) is 5.54 Å². The molecule has 2 nitrogen and oxygen atoms in total. The zero-order valence-corrected chi connectivity index (χ0v) is 10.3. The highest BCUT2D eigenvalue weighted by atomic mass is 16.5. The molecule has 1 aliphatic rings. The molecule has 0 aromatic rings. The summed E-state index contributed by atoms with van der Waals surface area (Å²) in [5.74, 6) is 1.62. The van der Waals surface area contributed by atoms with Crippen LogP contribution in [0.5, 0.6) is 0 Å². The van der Waals surface area contributed by atoms with Crippen LogP contribution in [0, 0.1) is 11.8 Å². The molecule has 1 rings (SSSR count). The standard InChI is InChI=1S/C12H25NO/c1-10(2)11(3)6-7-13(5)12(4)8-14-9-12/h10-11H,6-9H2,1-5H3. The molecule has 0 spiro atoms. The van der Waals surface area contributed by atoms with Gasteiger partial charge in [-0.3, -0.25) is 4.90 Å². The Morgan fingerprint density at radius 1 is 1.29 bits per heavy atom. The van der Waals surface area contributed by atoms with Crippen LogP contribution < -0.4 is 0 Å². The minimum atomic E-state index is 0.316. The molecule has 84 valence electrons. The molecule has 0 amide bonds. The molecule has 1 heterocycles. The molecule has 1 saturated heterocycles. The minimum absolute atomic E-state index is 0.316. The minimum Gasteiger partial charge on any atom is -0.377 e. The summed E-state index contributed by atoms with van der Waals surface area (Å²) in [6.07, 6.45) is 1.30.